The predicted molar refractivity (Wildman–Crippen MR) is 97.4 cm³/mol. The van der Waals surface area contributed by atoms with Gasteiger partial charge in [-0.3, -0.25) is 4.79 Å². The van der Waals surface area contributed by atoms with Crippen molar-refractivity contribution in [2.75, 3.05) is 26.5 Å². The number of carbonyl (C=O) groups is 1. The molecule has 7 heteroatoms. The van der Waals surface area contributed by atoms with Gasteiger partial charge in [-0.2, -0.15) is 0 Å². The second kappa shape index (κ2) is 7.67. The van der Waals surface area contributed by atoms with E-state index in [-0.39, 0.29) is 17.2 Å². The number of carbonyl (C=O) groups excluding carboxylic acids is 1. The molecule has 0 aliphatic rings. The number of anilines is 1. The van der Waals surface area contributed by atoms with Crippen LogP contribution in [0.4, 0.5) is 5.69 Å². The molecule has 0 spiro atoms. The monoisotopic (exact) mass is 362 g/mol. The van der Waals surface area contributed by atoms with E-state index < -0.39 is 10.0 Å². The number of amides is 1. The minimum absolute atomic E-state index is 0.0875. The Balaban J connectivity index is 2.28. The molecule has 0 saturated carbocycles. The van der Waals surface area contributed by atoms with E-state index >= 15 is 0 Å². The lowest BCUT2D eigenvalue weighted by atomic mass is 10.1. The Hall–Kier alpha value is -2.38. The average Bonchev–Trinajstić information content (AvgIpc) is 2.56. The first-order valence-corrected chi connectivity index (χ1v) is 9.14. The first-order chi connectivity index (χ1) is 11.8. The van der Waals surface area contributed by atoms with Crippen LogP contribution < -0.4 is 10.1 Å². The highest BCUT2D eigenvalue weighted by Gasteiger charge is 2.20. The summed E-state index contributed by atoms with van der Waals surface area (Å²) in [5.41, 5.74) is 2.26. The van der Waals surface area contributed by atoms with Gasteiger partial charge in [0.25, 0.3) is 0 Å². The van der Waals surface area contributed by atoms with Crippen molar-refractivity contribution in [2.45, 2.75) is 18.2 Å². The highest BCUT2D eigenvalue weighted by molar-refractivity contribution is 7.89. The summed E-state index contributed by atoms with van der Waals surface area (Å²) >= 11 is 0. The van der Waals surface area contributed by atoms with Gasteiger partial charge in [0.15, 0.2) is 0 Å². The second-order valence-corrected chi connectivity index (χ2v) is 7.95. The maximum atomic E-state index is 12.4. The van der Waals surface area contributed by atoms with Gasteiger partial charge in [-0.15, -0.1) is 0 Å². The first kappa shape index (κ1) is 19.0. The molecule has 0 fully saturated rings. The smallest absolute Gasteiger partial charge is 0.242 e. The second-order valence-electron chi connectivity index (χ2n) is 5.80. The Morgan fingerprint density at radius 2 is 1.84 bits per heavy atom. The third-order valence-corrected chi connectivity index (χ3v) is 5.65. The molecule has 25 heavy (non-hydrogen) atoms. The van der Waals surface area contributed by atoms with Crippen LogP contribution >= 0.6 is 0 Å². The van der Waals surface area contributed by atoms with E-state index in [1.54, 1.807) is 0 Å². The van der Waals surface area contributed by atoms with Crippen LogP contribution in [-0.2, 0) is 21.2 Å². The van der Waals surface area contributed by atoms with Gasteiger partial charge in [0.05, 0.1) is 24.1 Å². The molecule has 1 N–H and O–H groups in total. The van der Waals surface area contributed by atoms with Crippen LogP contribution in [0.1, 0.15) is 11.1 Å². The van der Waals surface area contributed by atoms with Crippen LogP contribution in [0, 0.1) is 6.92 Å². The lowest BCUT2D eigenvalue weighted by Gasteiger charge is -2.15. The van der Waals surface area contributed by atoms with E-state index in [1.807, 2.05) is 31.2 Å². The molecule has 2 aromatic rings. The van der Waals surface area contributed by atoms with E-state index in [4.69, 9.17) is 4.74 Å². The number of ether oxygens (including phenoxy) is 1. The van der Waals surface area contributed by atoms with Gasteiger partial charge in [-0.25, -0.2) is 12.7 Å². The van der Waals surface area contributed by atoms with E-state index in [1.165, 1.54) is 39.4 Å². The van der Waals surface area contributed by atoms with Crippen molar-refractivity contribution in [3.63, 3.8) is 0 Å². The Labute approximate surface area is 148 Å². The molecule has 0 aliphatic carbocycles. The van der Waals surface area contributed by atoms with Gasteiger partial charge in [0.1, 0.15) is 5.75 Å². The number of nitrogens with zero attached hydrogens (tertiary/aromatic N) is 1. The Bertz CT molecular complexity index is 876. The zero-order chi connectivity index (χ0) is 18.6. The van der Waals surface area contributed by atoms with Gasteiger partial charge in [-0.05, 0) is 36.2 Å². The fourth-order valence-electron chi connectivity index (χ4n) is 2.33. The van der Waals surface area contributed by atoms with Crippen LogP contribution in [0.15, 0.2) is 47.4 Å². The maximum absolute atomic E-state index is 12.4. The van der Waals surface area contributed by atoms with Gasteiger partial charge in [0.2, 0.25) is 15.9 Å². The highest BCUT2D eigenvalue weighted by Crippen LogP contribution is 2.28. The van der Waals surface area contributed by atoms with Gasteiger partial charge in [0, 0.05) is 14.1 Å². The lowest BCUT2D eigenvalue weighted by molar-refractivity contribution is -0.115. The Morgan fingerprint density at radius 1 is 1.16 bits per heavy atom. The van der Waals surface area contributed by atoms with Crippen LogP contribution in [0.3, 0.4) is 0 Å². The van der Waals surface area contributed by atoms with E-state index in [0.29, 0.717) is 11.4 Å². The Kier molecular flexibility index (Phi) is 5.81. The number of hydrogen-bond donors (Lipinski definition) is 1. The molecule has 6 nitrogen and oxygen atoms in total. The number of aryl methyl sites for hydroxylation is 1. The zero-order valence-electron chi connectivity index (χ0n) is 14.7. The summed E-state index contributed by atoms with van der Waals surface area (Å²) in [6, 6.07) is 12.0. The van der Waals surface area contributed by atoms with Crippen molar-refractivity contribution in [3.8, 4) is 5.75 Å². The lowest BCUT2D eigenvalue weighted by Crippen LogP contribution is -2.22. The molecular formula is C18H22N2O4S. The third kappa shape index (κ3) is 4.37. The molecule has 0 aliphatic heterocycles. The van der Waals surface area contributed by atoms with Crippen LogP contribution in [0.5, 0.6) is 5.75 Å². The summed E-state index contributed by atoms with van der Waals surface area (Å²) in [6.45, 7) is 1.94. The molecule has 1 amide bonds. The van der Waals surface area contributed by atoms with E-state index in [0.717, 1.165) is 15.4 Å². The van der Waals surface area contributed by atoms with Crippen molar-refractivity contribution in [1.82, 2.24) is 4.31 Å². The number of sulfonamides is 1. The maximum Gasteiger partial charge on any atom is 0.242 e. The molecule has 0 bridgehead atoms. The summed E-state index contributed by atoms with van der Waals surface area (Å²) in [5.74, 6) is 0.155. The average molecular weight is 362 g/mol. The molecule has 2 aromatic carbocycles. The SMILES string of the molecule is COc1ccc(S(=O)(=O)N(C)C)cc1NC(=O)Cc1ccccc1C. The van der Waals surface area contributed by atoms with Crippen molar-refractivity contribution in [2.24, 2.45) is 0 Å². The van der Waals surface area contributed by atoms with Gasteiger partial charge < -0.3 is 10.1 Å². The van der Waals surface area contributed by atoms with Crippen LogP contribution in [0.2, 0.25) is 0 Å². The van der Waals surface area contributed by atoms with Crippen molar-refractivity contribution in [3.05, 3.63) is 53.6 Å². The van der Waals surface area contributed by atoms with Crippen LogP contribution in [-0.4, -0.2) is 39.8 Å². The Morgan fingerprint density at radius 3 is 2.44 bits per heavy atom. The fourth-order valence-corrected chi connectivity index (χ4v) is 3.26. The number of methoxy groups -OCH3 is 1. The molecule has 0 saturated heterocycles. The van der Waals surface area contributed by atoms with Gasteiger partial charge in [-0.1, -0.05) is 24.3 Å². The van der Waals surface area contributed by atoms with Crippen LogP contribution in [0.25, 0.3) is 0 Å². The largest absolute Gasteiger partial charge is 0.495 e. The predicted octanol–water partition coefficient (Wildman–Crippen LogP) is 2.44. The number of hydrogen-bond acceptors (Lipinski definition) is 4. The molecular weight excluding hydrogens is 340 g/mol. The molecule has 0 heterocycles. The molecule has 0 unspecified atom stereocenters. The van der Waals surface area contributed by atoms with Crippen molar-refractivity contribution < 1.29 is 17.9 Å². The molecule has 2 rings (SSSR count). The number of nitrogens with one attached hydrogen (secondary N) is 1. The quantitative estimate of drug-likeness (QED) is 0.856. The van der Waals surface area contributed by atoms with E-state index in [9.17, 15) is 13.2 Å². The minimum Gasteiger partial charge on any atom is -0.495 e. The normalized spacial score (nSPS) is 11.4. The molecule has 0 aromatic heterocycles. The topological polar surface area (TPSA) is 75.7 Å². The minimum atomic E-state index is -3.60. The number of benzene rings is 2. The van der Waals surface area contributed by atoms with Crippen molar-refractivity contribution >= 4 is 21.6 Å². The summed E-state index contributed by atoms with van der Waals surface area (Å²) in [7, 11) is 0.774. The third-order valence-electron chi connectivity index (χ3n) is 3.84. The summed E-state index contributed by atoms with van der Waals surface area (Å²) in [6.07, 6.45) is 0.195. The summed E-state index contributed by atoms with van der Waals surface area (Å²) < 4.78 is 30.9. The van der Waals surface area contributed by atoms with Gasteiger partial charge >= 0.3 is 0 Å². The fraction of sp³-hybridized carbons (Fsp3) is 0.278. The highest BCUT2D eigenvalue weighted by atomic mass is 32.2. The zero-order valence-corrected chi connectivity index (χ0v) is 15.6. The molecule has 0 radical (unpaired) electrons. The number of rotatable bonds is 6. The summed E-state index contributed by atoms with van der Waals surface area (Å²) in [4.78, 5) is 12.5. The molecule has 0 atom stereocenters. The van der Waals surface area contributed by atoms with E-state index in [2.05, 4.69) is 5.32 Å². The molecule has 134 valence electrons. The standard InChI is InChI=1S/C18H22N2O4S/c1-13-7-5-6-8-14(13)11-18(21)19-16-12-15(9-10-17(16)24-4)25(22,23)20(2)3/h5-10,12H,11H2,1-4H3,(H,19,21). The van der Waals surface area contributed by atoms with Crippen molar-refractivity contribution in [1.29, 1.82) is 0 Å². The first-order valence-electron chi connectivity index (χ1n) is 7.70. The summed E-state index contributed by atoms with van der Waals surface area (Å²) in [5, 5.41) is 2.74.